The van der Waals surface area contributed by atoms with E-state index < -0.39 is 0 Å². The van der Waals surface area contributed by atoms with Gasteiger partial charge in [-0.2, -0.15) is 0 Å². The third-order valence-corrected chi connectivity index (χ3v) is 5.33. The summed E-state index contributed by atoms with van der Waals surface area (Å²) in [6.07, 6.45) is -0.351. The van der Waals surface area contributed by atoms with Crippen LogP contribution < -0.4 is 0 Å². The number of aliphatic hydroxyl groups excluding tert-OH is 1. The van der Waals surface area contributed by atoms with E-state index in [1.807, 2.05) is 48.5 Å². The van der Waals surface area contributed by atoms with Crippen LogP contribution in [-0.4, -0.2) is 22.7 Å². The van der Waals surface area contributed by atoms with Crippen LogP contribution in [0.4, 0.5) is 0 Å². The molecule has 0 fully saturated rings. The first-order valence-corrected chi connectivity index (χ1v) is 8.81. The molecule has 5 heteroatoms. The summed E-state index contributed by atoms with van der Waals surface area (Å²) in [6.45, 7) is 0. The fraction of sp³-hybridized carbons (Fsp3) is 0.200. The SMILES string of the molecule is OC(CSc1ccc(Cl)cc1)CSc1ccc(Cl)cc1. The number of thioether (sulfide) groups is 2. The number of rotatable bonds is 6. The smallest absolute Gasteiger partial charge is 0.0727 e. The zero-order valence-corrected chi connectivity index (χ0v) is 13.8. The van der Waals surface area contributed by atoms with Crippen LogP contribution in [0.3, 0.4) is 0 Å². The zero-order chi connectivity index (χ0) is 14.4. The molecule has 0 saturated carbocycles. The summed E-state index contributed by atoms with van der Waals surface area (Å²) < 4.78 is 0. The molecular weight excluding hydrogens is 331 g/mol. The van der Waals surface area contributed by atoms with Crippen LogP contribution >= 0.6 is 46.7 Å². The van der Waals surface area contributed by atoms with Gasteiger partial charge >= 0.3 is 0 Å². The molecule has 0 spiro atoms. The summed E-state index contributed by atoms with van der Waals surface area (Å²) >= 11 is 14.9. The maximum absolute atomic E-state index is 9.99. The summed E-state index contributed by atoms with van der Waals surface area (Å²) in [7, 11) is 0. The fourth-order valence-corrected chi connectivity index (χ4v) is 3.56. The average molecular weight is 345 g/mol. The highest BCUT2D eigenvalue weighted by molar-refractivity contribution is 8.00. The molecule has 0 saturated heterocycles. The molecule has 0 aliphatic heterocycles. The normalized spacial score (nSPS) is 11.0. The number of hydrogen-bond acceptors (Lipinski definition) is 3. The molecule has 1 N–H and O–H groups in total. The van der Waals surface area contributed by atoms with Gasteiger partial charge < -0.3 is 5.11 Å². The minimum atomic E-state index is -0.351. The minimum absolute atomic E-state index is 0.351. The zero-order valence-electron chi connectivity index (χ0n) is 10.6. The van der Waals surface area contributed by atoms with E-state index in [9.17, 15) is 5.11 Å². The summed E-state index contributed by atoms with van der Waals surface area (Å²) in [6, 6.07) is 15.3. The molecule has 0 unspecified atom stereocenters. The standard InChI is InChI=1S/C15H14Cl2OS2/c16-11-1-5-14(6-2-11)19-9-13(18)10-20-15-7-3-12(17)4-8-15/h1-8,13,18H,9-10H2. The van der Waals surface area contributed by atoms with Crippen molar-refractivity contribution in [2.24, 2.45) is 0 Å². The van der Waals surface area contributed by atoms with Gasteiger partial charge in [0.15, 0.2) is 0 Å². The maximum Gasteiger partial charge on any atom is 0.0727 e. The Hall–Kier alpha value is -0.320. The summed E-state index contributed by atoms with van der Waals surface area (Å²) in [4.78, 5) is 2.23. The fourth-order valence-electron chi connectivity index (χ4n) is 1.49. The first kappa shape index (κ1) is 16.1. The Morgan fingerprint density at radius 2 is 1.10 bits per heavy atom. The lowest BCUT2D eigenvalue weighted by molar-refractivity contribution is 0.225. The second-order valence-corrected chi connectivity index (χ2v) is 7.24. The van der Waals surface area contributed by atoms with E-state index in [1.54, 1.807) is 23.5 Å². The molecule has 0 bridgehead atoms. The lowest BCUT2D eigenvalue weighted by atomic mass is 10.4. The molecule has 2 aromatic rings. The highest BCUT2D eigenvalue weighted by Crippen LogP contribution is 2.24. The Bertz CT molecular complexity index is 479. The van der Waals surface area contributed by atoms with E-state index in [4.69, 9.17) is 23.2 Å². The van der Waals surface area contributed by atoms with Crippen LogP contribution in [0.2, 0.25) is 10.0 Å². The molecule has 2 aromatic carbocycles. The van der Waals surface area contributed by atoms with Crippen LogP contribution in [0.15, 0.2) is 58.3 Å². The monoisotopic (exact) mass is 344 g/mol. The molecule has 0 radical (unpaired) electrons. The third kappa shape index (κ3) is 5.58. The second-order valence-electron chi connectivity index (χ2n) is 4.18. The minimum Gasteiger partial charge on any atom is -0.391 e. The molecule has 0 aliphatic carbocycles. The Kier molecular flexibility index (Phi) is 6.59. The largest absolute Gasteiger partial charge is 0.391 e. The molecule has 0 amide bonds. The van der Waals surface area contributed by atoms with Gasteiger partial charge in [-0.15, -0.1) is 23.5 Å². The molecule has 2 rings (SSSR count). The highest BCUT2D eigenvalue weighted by atomic mass is 35.5. The highest BCUT2D eigenvalue weighted by Gasteiger charge is 2.06. The van der Waals surface area contributed by atoms with Gasteiger partial charge in [0.25, 0.3) is 0 Å². The Morgan fingerprint density at radius 1 is 0.750 bits per heavy atom. The summed E-state index contributed by atoms with van der Waals surface area (Å²) in [5, 5.41) is 11.4. The molecular formula is C15H14Cl2OS2. The summed E-state index contributed by atoms with van der Waals surface area (Å²) in [5.74, 6) is 1.34. The van der Waals surface area contributed by atoms with Gasteiger partial charge in [0, 0.05) is 31.3 Å². The van der Waals surface area contributed by atoms with Crippen molar-refractivity contribution >= 4 is 46.7 Å². The molecule has 0 aromatic heterocycles. The predicted molar refractivity (Wildman–Crippen MR) is 90.4 cm³/mol. The third-order valence-electron chi connectivity index (χ3n) is 2.51. The van der Waals surface area contributed by atoms with Crippen molar-refractivity contribution in [3.8, 4) is 0 Å². The van der Waals surface area contributed by atoms with Gasteiger partial charge in [0.1, 0.15) is 0 Å². The van der Waals surface area contributed by atoms with Crippen LogP contribution in [0.5, 0.6) is 0 Å². The second kappa shape index (κ2) is 8.20. The van der Waals surface area contributed by atoms with Crippen LogP contribution in [0, 0.1) is 0 Å². The topological polar surface area (TPSA) is 20.2 Å². The molecule has 0 aliphatic rings. The van der Waals surface area contributed by atoms with Crippen molar-refractivity contribution in [3.05, 3.63) is 58.6 Å². The quantitative estimate of drug-likeness (QED) is 0.723. The van der Waals surface area contributed by atoms with Crippen molar-refractivity contribution in [1.29, 1.82) is 0 Å². The molecule has 0 heterocycles. The van der Waals surface area contributed by atoms with E-state index in [2.05, 4.69) is 0 Å². The van der Waals surface area contributed by atoms with Gasteiger partial charge in [-0.05, 0) is 48.5 Å². The van der Waals surface area contributed by atoms with Crippen molar-refractivity contribution in [3.63, 3.8) is 0 Å². The number of hydrogen-bond donors (Lipinski definition) is 1. The first-order valence-electron chi connectivity index (χ1n) is 6.08. The van der Waals surface area contributed by atoms with E-state index in [1.165, 1.54) is 0 Å². The van der Waals surface area contributed by atoms with Crippen molar-refractivity contribution < 1.29 is 5.11 Å². The average Bonchev–Trinajstić information content (AvgIpc) is 2.46. The van der Waals surface area contributed by atoms with Gasteiger partial charge in [-0.3, -0.25) is 0 Å². The lowest BCUT2D eigenvalue weighted by Gasteiger charge is -2.10. The lowest BCUT2D eigenvalue weighted by Crippen LogP contribution is -2.12. The molecule has 0 atom stereocenters. The molecule has 106 valence electrons. The van der Waals surface area contributed by atoms with Crippen LogP contribution in [0.25, 0.3) is 0 Å². The van der Waals surface area contributed by atoms with E-state index in [0.717, 1.165) is 19.8 Å². The van der Waals surface area contributed by atoms with E-state index >= 15 is 0 Å². The van der Waals surface area contributed by atoms with E-state index in [-0.39, 0.29) is 6.10 Å². The maximum atomic E-state index is 9.99. The van der Waals surface area contributed by atoms with Gasteiger partial charge in [0.05, 0.1) is 6.10 Å². The summed E-state index contributed by atoms with van der Waals surface area (Å²) in [5.41, 5.74) is 0. The van der Waals surface area contributed by atoms with Crippen molar-refractivity contribution in [2.75, 3.05) is 11.5 Å². The van der Waals surface area contributed by atoms with Crippen LogP contribution in [-0.2, 0) is 0 Å². The van der Waals surface area contributed by atoms with E-state index in [0.29, 0.717) is 11.5 Å². The molecule has 1 nitrogen and oxygen atoms in total. The molecule has 20 heavy (non-hydrogen) atoms. The Labute approximate surface area is 137 Å². The van der Waals surface area contributed by atoms with Gasteiger partial charge in [-0.25, -0.2) is 0 Å². The van der Waals surface area contributed by atoms with Crippen molar-refractivity contribution in [1.82, 2.24) is 0 Å². The number of benzene rings is 2. The van der Waals surface area contributed by atoms with Gasteiger partial charge in [-0.1, -0.05) is 23.2 Å². The Balaban J connectivity index is 1.73. The predicted octanol–water partition coefficient (Wildman–Crippen LogP) is 5.24. The van der Waals surface area contributed by atoms with Gasteiger partial charge in [0.2, 0.25) is 0 Å². The first-order chi connectivity index (χ1) is 9.63. The number of aliphatic hydroxyl groups is 1. The van der Waals surface area contributed by atoms with Crippen LogP contribution in [0.1, 0.15) is 0 Å². The Morgan fingerprint density at radius 3 is 1.45 bits per heavy atom. The van der Waals surface area contributed by atoms with Crippen molar-refractivity contribution in [2.45, 2.75) is 15.9 Å². The number of halogens is 2.